The SMILES string of the molecule is C#CC(C)(CCCc1scc(F)c1-c1ccccc1)c1ccc(C(F)(F)F)cc1. The van der Waals surface area contributed by atoms with E-state index in [-0.39, 0.29) is 5.82 Å². The monoisotopic (exact) mass is 416 g/mol. The van der Waals surface area contributed by atoms with Gasteiger partial charge in [0.2, 0.25) is 0 Å². The van der Waals surface area contributed by atoms with Crippen LogP contribution in [0.5, 0.6) is 0 Å². The van der Waals surface area contributed by atoms with Gasteiger partial charge in [-0.25, -0.2) is 4.39 Å². The van der Waals surface area contributed by atoms with Crippen LogP contribution >= 0.6 is 11.3 Å². The molecule has 1 unspecified atom stereocenters. The number of aryl methyl sites for hydroxylation is 1. The topological polar surface area (TPSA) is 0 Å². The molecule has 0 aliphatic heterocycles. The second kappa shape index (κ2) is 8.42. The first-order valence-corrected chi connectivity index (χ1v) is 10.1. The molecule has 0 N–H and O–H groups in total. The van der Waals surface area contributed by atoms with E-state index in [1.165, 1.54) is 28.8 Å². The molecular weight excluding hydrogens is 396 g/mol. The summed E-state index contributed by atoms with van der Waals surface area (Å²) in [5.74, 6) is 2.50. The first kappa shape index (κ1) is 21.1. The molecule has 0 aliphatic rings. The van der Waals surface area contributed by atoms with Crippen molar-refractivity contribution in [3.05, 3.63) is 81.8 Å². The van der Waals surface area contributed by atoms with Gasteiger partial charge in [-0.05, 0) is 49.4 Å². The summed E-state index contributed by atoms with van der Waals surface area (Å²) in [6, 6.07) is 14.4. The van der Waals surface area contributed by atoms with E-state index in [9.17, 15) is 17.6 Å². The number of benzene rings is 2. The number of thiophene rings is 1. The van der Waals surface area contributed by atoms with Gasteiger partial charge in [-0.15, -0.1) is 17.8 Å². The van der Waals surface area contributed by atoms with Crippen LogP contribution < -0.4 is 0 Å². The van der Waals surface area contributed by atoms with E-state index in [4.69, 9.17) is 6.42 Å². The average molecular weight is 416 g/mol. The number of rotatable bonds is 6. The summed E-state index contributed by atoms with van der Waals surface area (Å²) in [6.45, 7) is 1.85. The lowest BCUT2D eigenvalue weighted by molar-refractivity contribution is -0.137. The van der Waals surface area contributed by atoms with E-state index in [0.717, 1.165) is 22.6 Å². The molecule has 2 aromatic carbocycles. The fraction of sp³-hybridized carbons (Fsp3) is 0.250. The first-order chi connectivity index (χ1) is 13.7. The van der Waals surface area contributed by atoms with Crippen molar-refractivity contribution in [1.82, 2.24) is 0 Å². The first-order valence-electron chi connectivity index (χ1n) is 9.21. The lowest BCUT2D eigenvalue weighted by atomic mass is 9.78. The molecule has 3 aromatic rings. The lowest BCUT2D eigenvalue weighted by Gasteiger charge is -2.24. The van der Waals surface area contributed by atoms with Gasteiger partial charge in [-0.3, -0.25) is 0 Å². The van der Waals surface area contributed by atoms with E-state index in [1.54, 1.807) is 0 Å². The van der Waals surface area contributed by atoms with Crippen molar-refractivity contribution in [1.29, 1.82) is 0 Å². The van der Waals surface area contributed by atoms with Gasteiger partial charge < -0.3 is 0 Å². The third kappa shape index (κ3) is 4.71. The number of alkyl halides is 3. The molecule has 0 saturated heterocycles. The Morgan fingerprint density at radius 1 is 0.966 bits per heavy atom. The Labute approximate surface area is 172 Å². The Morgan fingerprint density at radius 2 is 1.59 bits per heavy atom. The highest BCUT2D eigenvalue weighted by Gasteiger charge is 2.31. The molecule has 0 fully saturated rings. The highest BCUT2D eigenvalue weighted by molar-refractivity contribution is 7.10. The van der Waals surface area contributed by atoms with Crippen molar-refractivity contribution in [3.8, 4) is 23.5 Å². The normalized spacial score (nSPS) is 13.7. The van der Waals surface area contributed by atoms with Crippen LogP contribution in [-0.4, -0.2) is 0 Å². The van der Waals surface area contributed by atoms with Crippen molar-refractivity contribution in [2.45, 2.75) is 37.8 Å². The van der Waals surface area contributed by atoms with Crippen LogP contribution in [0.4, 0.5) is 17.6 Å². The summed E-state index contributed by atoms with van der Waals surface area (Å²) in [4.78, 5) is 0.945. The highest BCUT2D eigenvalue weighted by Crippen LogP contribution is 2.36. The van der Waals surface area contributed by atoms with Crippen LogP contribution in [-0.2, 0) is 18.0 Å². The summed E-state index contributed by atoms with van der Waals surface area (Å²) >= 11 is 1.38. The maximum atomic E-state index is 14.3. The summed E-state index contributed by atoms with van der Waals surface area (Å²) in [5, 5.41) is 1.51. The predicted molar refractivity (Wildman–Crippen MR) is 110 cm³/mol. The third-order valence-electron chi connectivity index (χ3n) is 5.13. The Kier molecular flexibility index (Phi) is 6.14. The minimum absolute atomic E-state index is 0.237. The molecule has 0 saturated carbocycles. The Morgan fingerprint density at radius 3 is 2.17 bits per heavy atom. The van der Waals surface area contributed by atoms with Crippen LogP contribution in [0, 0.1) is 18.2 Å². The van der Waals surface area contributed by atoms with Crippen molar-refractivity contribution in [3.63, 3.8) is 0 Å². The van der Waals surface area contributed by atoms with E-state index in [1.807, 2.05) is 37.3 Å². The van der Waals surface area contributed by atoms with Crippen molar-refractivity contribution < 1.29 is 17.6 Å². The molecule has 150 valence electrons. The fourth-order valence-corrected chi connectivity index (χ4v) is 4.35. The molecule has 0 amide bonds. The van der Waals surface area contributed by atoms with E-state index in [2.05, 4.69) is 5.92 Å². The van der Waals surface area contributed by atoms with E-state index < -0.39 is 17.2 Å². The molecule has 1 heterocycles. The van der Waals surface area contributed by atoms with Gasteiger partial charge in [0.1, 0.15) is 5.82 Å². The highest BCUT2D eigenvalue weighted by atomic mass is 32.1. The minimum atomic E-state index is -4.37. The van der Waals surface area contributed by atoms with Crippen molar-refractivity contribution >= 4 is 11.3 Å². The lowest BCUT2D eigenvalue weighted by Crippen LogP contribution is -2.20. The quantitative estimate of drug-likeness (QED) is 0.288. The van der Waals surface area contributed by atoms with Gasteiger partial charge in [0.25, 0.3) is 0 Å². The summed E-state index contributed by atoms with van der Waals surface area (Å²) in [6.07, 6.45) is 3.30. The molecule has 0 spiro atoms. The van der Waals surface area contributed by atoms with Gasteiger partial charge in [-0.2, -0.15) is 13.2 Å². The minimum Gasteiger partial charge on any atom is -0.205 e. The molecule has 0 nitrogen and oxygen atoms in total. The zero-order valence-corrected chi connectivity index (χ0v) is 16.7. The summed E-state index contributed by atoms with van der Waals surface area (Å²) < 4.78 is 52.7. The van der Waals surface area contributed by atoms with Crippen molar-refractivity contribution in [2.24, 2.45) is 0 Å². The van der Waals surface area contributed by atoms with E-state index in [0.29, 0.717) is 30.4 Å². The molecule has 1 atom stereocenters. The Hall–Kier alpha value is -2.58. The number of halogens is 4. The number of hydrogen-bond acceptors (Lipinski definition) is 1. The molecular formula is C24H20F4S. The van der Waals surface area contributed by atoms with Crippen LogP contribution in [0.1, 0.15) is 35.8 Å². The molecule has 0 bridgehead atoms. The number of terminal acetylenes is 1. The van der Waals surface area contributed by atoms with Gasteiger partial charge >= 0.3 is 6.18 Å². The third-order valence-corrected chi connectivity index (χ3v) is 6.15. The van der Waals surface area contributed by atoms with Crippen LogP contribution in [0.2, 0.25) is 0 Å². The predicted octanol–water partition coefficient (Wildman–Crippen LogP) is 7.49. The van der Waals surface area contributed by atoms with Gasteiger partial charge in [0, 0.05) is 15.8 Å². The van der Waals surface area contributed by atoms with Crippen LogP contribution in [0.3, 0.4) is 0 Å². The average Bonchev–Trinajstić information content (AvgIpc) is 3.08. The standard InChI is InChI=1S/C24H20F4S/c1-3-23(2,18-11-13-19(14-12-18)24(26,27)28)15-7-10-21-22(20(25)16-29-21)17-8-5-4-6-9-17/h1,4-6,8-9,11-14,16H,7,10,15H2,2H3. The maximum absolute atomic E-state index is 14.3. The van der Waals surface area contributed by atoms with Gasteiger partial charge in [0.15, 0.2) is 0 Å². The van der Waals surface area contributed by atoms with Crippen LogP contribution in [0.15, 0.2) is 60.0 Å². The Bertz CT molecular complexity index is 994. The molecule has 1 aromatic heterocycles. The second-order valence-corrected chi connectivity index (χ2v) is 8.12. The molecule has 0 radical (unpaired) electrons. The Balaban J connectivity index is 1.73. The smallest absolute Gasteiger partial charge is 0.205 e. The fourth-order valence-electron chi connectivity index (χ4n) is 3.39. The molecule has 3 rings (SSSR count). The maximum Gasteiger partial charge on any atom is 0.416 e. The van der Waals surface area contributed by atoms with E-state index >= 15 is 0 Å². The van der Waals surface area contributed by atoms with Gasteiger partial charge in [0.05, 0.1) is 11.0 Å². The molecule has 29 heavy (non-hydrogen) atoms. The molecule has 5 heteroatoms. The summed E-state index contributed by atoms with van der Waals surface area (Å²) in [5.41, 5.74) is 0.749. The summed E-state index contributed by atoms with van der Waals surface area (Å²) in [7, 11) is 0. The molecule has 0 aliphatic carbocycles. The van der Waals surface area contributed by atoms with Crippen molar-refractivity contribution in [2.75, 3.05) is 0 Å². The zero-order chi connectivity index (χ0) is 21.1. The van der Waals surface area contributed by atoms with Gasteiger partial charge in [-0.1, -0.05) is 48.4 Å². The largest absolute Gasteiger partial charge is 0.416 e. The second-order valence-electron chi connectivity index (χ2n) is 7.15. The van der Waals surface area contributed by atoms with Crippen LogP contribution in [0.25, 0.3) is 11.1 Å². The number of hydrogen-bond donors (Lipinski definition) is 0. The zero-order valence-electron chi connectivity index (χ0n) is 15.9.